The molecule has 6 aromatic rings. The van der Waals surface area contributed by atoms with Crippen molar-refractivity contribution >= 4 is 22.9 Å². The first-order valence-electron chi connectivity index (χ1n) is 10.9. The lowest BCUT2D eigenvalue weighted by molar-refractivity contribution is 0.0992. The molecule has 1 aromatic carbocycles. The number of imidazole rings is 2. The molecular weight excluding hydrogens is 445 g/mol. The molecule has 0 aliphatic heterocycles. The second-order valence-corrected chi connectivity index (χ2v) is 8.07. The van der Waals surface area contributed by atoms with Gasteiger partial charge >= 0.3 is 0 Å². The highest BCUT2D eigenvalue weighted by Gasteiger charge is 2.18. The van der Waals surface area contributed by atoms with Gasteiger partial charge in [-0.2, -0.15) is 5.10 Å². The summed E-state index contributed by atoms with van der Waals surface area (Å²) in [5.74, 6) is -0.126. The van der Waals surface area contributed by atoms with Crippen molar-refractivity contribution in [2.75, 3.05) is 5.73 Å². The molecule has 0 bridgehead atoms. The van der Waals surface area contributed by atoms with Gasteiger partial charge in [0.05, 0.1) is 24.0 Å². The molecule has 0 saturated carbocycles. The Balaban J connectivity index is 1.41. The predicted octanol–water partition coefficient (Wildman–Crippen LogP) is 4.25. The van der Waals surface area contributed by atoms with Crippen LogP contribution in [0.5, 0.6) is 0 Å². The monoisotopic (exact) mass is 463 g/mol. The predicted molar refractivity (Wildman–Crippen MR) is 129 cm³/mol. The van der Waals surface area contributed by atoms with Gasteiger partial charge < -0.3 is 5.73 Å². The van der Waals surface area contributed by atoms with Crippen LogP contribution in [0.2, 0.25) is 0 Å². The number of hydrogen-bond donors (Lipinski definition) is 1. The highest BCUT2D eigenvalue weighted by Crippen LogP contribution is 2.32. The van der Waals surface area contributed by atoms with Crippen LogP contribution in [-0.2, 0) is 6.42 Å². The van der Waals surface area contributed by atoms with Crippen LogP contribution in [0.3, 0.4) is 0 Å². The Hall–Kier alpha value is -4.92. The van der Waals surface area contributed by atoms with E-state index < -0.39 is 0 Å². The van der Waals surface area contributed by atoms with Crippen molar-refractivity contribution in [1.82, 2.24) is 29.0 Å². The van der Waals surface area contributed by atoms with Crippen LogP contribution in [0.15, 0.2) is 85.3 Å². The number of pyridine rings is 2. The quantitative estimate of drug-likeness (QED) is 0.383. The lowest BCUT2D eigenvalue weighted by Crippen LogP contribution is -2.05. The number of ketones is 1. The highest BCUT2D eigenvalue weighted by molar-refractivity contribution is 5.97. The molecule has 0 amide bonds. The lowest BCUT2D eigenvalue weighted by atomic mass is 10.1. The van der Waals surface area contributed by atoms with Crippen LogP contribution in [0.4, 0.5) is 10.2 Å². The number of halogens is 1. The van der Waals surface area contributed by atoms with Gasteiger partial charge in [-0.05, 0) is 60.7 Å². The molecule has 0 radical (unpaired) electrons. The fourth-order valence-electron chi connectivity index (χ4n) is 4.08. The Bertz CT molecular complexity index is 1720. The number of nitrogens with two attached hydrogens (primary N) is 1. The highest BCUT2D eigenvalue weighted by atomic mass is 19.1. The number of anilines is 1. The number of benzene rings is 1. The van der Waals surface area contributed by atoms with Crippen molar-refractivity contribution in [1.29, 1.82) is 0 Å². The molecule has 0 aliphatic rings. The van der Waals surface area contributed by atoms with Crippen LogP contribution < -0.4 is 5.73 Å². The van der Waals surface area contributed by atoms with E-state index in [4.69, 9.17) is 15.8 Å². The molecule has 5 heterocycles. The molecule has 8 nitrogen and oxygen atoms in total. The van der Waals surface area contributed by atoms with Crippen molar-refractivity contribution in [2.24, 2.45) is 0 Å². The Morgan fingerprint density at radius 3 is 2.66 bits per heavy atom. The van der Waals surface area contributed by atoms with Gasteiger partial charge in [0.15, 0.2) is 11.4 Å². The number of Topliss-reactive ketones (excluding diaryl/α,β-unsaturated/α-hetero) is 1. The summed E-state index contributed by atoms with van der Waals surface area (Å²) in [6.07, 6.45) is 5.27. The smallest absolute Gasteiger partial charge is 0.169 e. The summed E-state index contributed by atoms with van der Waals surface area (Å²) in [5.41, 5.74) is 11.0. The molecule has 6 rings (SSSR count). The lowest BCUT2D eigenvalue weighted by Gasteiger charge is -2.05. The third-order valence-electron chi connectivity index (χ3n) is 5.70. The summed E-state index contributed by atoms with van der Waals surface area (Å²) < 4.78 is 17.1. The van der Waals surface area contributed by atoms with Gasteiger partial charge in [0.2, 0.25) is 0 Å². The van der Waals surface area contributed by atoms with Crippen LogP contribution in [0.1, 0.15) is 16.1 Å². The van der Waals surface area contributed by atoms with E-state index >= 15 is 0 Å². The van der Waals surface area contributed by atoms with E-state index in [1.165, 1.54) is 18.3 Å². The number of carbonyl (C=O) groups is 1. The van der Waals surface area contributed by atoms with Gasteiger partial charge in [0, 0.05) is 23.5 Å². The topological polar surface area (TPSA) is 103 Å². The van der Waals surface area contributed by atoms with E-state index in [0.717, 1.165) is 16.9 Å². The second kappa shape index (κ2) is 8.14. The van der Waals surface area contributed by atoms with Crippen LogP contribution in [0.25, 0.3) is 33.9 Å². The van der Waals surface area contributed by atoms with Gasteiger partial charge in [-0.15, -0.1) is 0 Å². The first kappa shape index (κ1) is 20.7. The zero-order valence-corrected chi connectivity index (χ0v) is 18.3. The van der Waals surface area contributed by atoms with E-state index in [1.54, 1.807) is 35.0 Å². The zero-order chi connectivity index (χ0) is 23.9. The summed E-state index contributed by atoms with van der Waals surface area (Å²) in [4.78, 5) is 25.9. The van der Waals surface area contributed by atoms with E-state index in [9.17, 15) is 9.18 Å². The SMILES string of the molecule is Nc1cc(C(=O)Cc2cn3nc(-c4c(-c5ccc(F)cc5)nc5ccccn45)ccc3n2)ccn1. The minimum Gasteiger partial charge on any atom is -0.384 e. The summed E-state index contributed by atoms with van der Waals surface area (Å²) in [6.45, 7) is 0. The molecular formula is C26H18FN7O. The average molecular weight is 463 g/mol. The molecule has 0 aliphatic carbocycles. The fourth-order valence-corrected chi connectivity index (χ4v) is 4.08. The second-order valence-electron chi connectivity index (χ2n) is 8.07. The number of fused-ring (bicyclic) bond motifs is 2. The minimum absolute atomic E-state index is 0.108. The number of nitrogen functional groups attached to an aromatic ring is 1. The molecule has 0 fully saturated rings. The van der Waals surface area contributed by atoms with Gasteiger partial charge in [0.1, 0.15) is 28.7 Å². The van der Waals surface area contributed by atoms with Crippen molar-refractivity contribution in [2.45, 2.75) is 6.42 Å². The van der Waals surface area contributed by atoms with Crippen molar-refractivity contribution < 1.29 is 9.18 Å². The van der Waals surface area contributed by atoms with Gasteiger partial charge in [-0.1, -0.05) is 6.07 Å². The number of rotatable bonds is 5. The van der Waals surface area contributed by atoms with Crippen LogP contribution >= 0.6 is 0 Å². The van der Waals surface area contributed by atoms with Crippen LogP contribution in [0, 0.1) is 5.82 Å². The first-order chi connectivity index (χ1) is 17.0. The maximum Gasteiger partial charge on any atom is 0.169 e. The Labute approximate surface area is 198 Å². The van der Waals surface area contributed by atoms with Gasteiger partial charge in [-0.25, -0.2) is 23.9 Å². The summed E-state index contributed by atoms with van der Waals surface area (Å²) >= 11 is 0. The van der Waals surface area contributed by atoms with E-state index in [2.05, 4.69) is 9.97 Å². The standard InChI is InChI=1S/C26H18FN7O/c27-18-6-4-16(5-7-18)25-26(33-12-2-1-3-23(33)31-25)20-8-9-24-30-19(15-34(24)32-20)14-21(35)17-10-11-29-22(28)13-17/h1-13,15H,14H2,(H2,28,29). The molecule has 170 valence electrons. The third-order valence-corrected chi connectivity index (χ3v) is 5.70. The van der Waals surface area contributed by atoms with E-state index in [1.807, 2.05) is 40.9 Å². The molecule has 2 N–H and O–H groups in total. The Kier molecular flexibility index (Phi) is 4.81. The number of hydrogen-bond acceptors (Lipinski definition) is 6. The normalized spacial score (nSPS) is 11.3. The zero-order valence-electron chi connectivity index (χ0n) is 18.3. The van der Waals surface area contributed by atoms with E-state index in [0.29, 0.717) is 34.1 Å². The van der Waals surface area contributed by atoms with Crippen molar-refractivity contribution in [3.63, 3.8) is 0 Å². The fraction of sp³-hybridized carbons (Fsp3) is 0.0385. The summed E-state index contributed by atoms with van der Waals surface area (Å²) in [7, 11) is 0. The summed E-state index contributed by atoms with van der Waals surface area (Å²) in [6, 6.07) is 18.8. The van der Waals surface area contributed by atoms with Gasteiger partial charge in [0.25, 0.3) is 0 Å². The van der Waals surface area contributed by atoms with Crippen molar-refractivity contribution in [3.05, 3.63) is 102 Å². The van der Waals surface area contributed by atoms with Crippen molar-refractivity contribution in [3.8, 4) is 22.6 Å². The first-order valence-corrected chi connectivity index (χ1v) is 10.9. The Morgan fingerprint density at radius 2 is 1.83 bits per heavy atom. The molecule has 35 heavy (non-hydrogen) atoms. The number of carbonyl (C=O) groups excluding carboxylic acids is 1. The molecule has 0 unspecified atom stereocenters. The average Bonchev–Trinajstić information content (AvgIpc) is 3.44. The van der Waals surface area contributed by atoms with E-state index in [-0.39, 0.29) is 18.0 Å². The molecule has 0 atom stereocenters. The molecule has 5 aromatic heterocycles. The maximum atomic E-state index is 13.5. The third kappa shape index (κ3) is 3.78. The number of nitrogens with zero attached hydrogens (tertiary/aromatic N) is 6. The minimum atomic E-state index is -0.312. The number of aromatic nitrogens is 6. The molecule has 0 spiro atoms. The maximum absolute atomic E-state index is 13.5. The summed E-state index contributed by atoms with van der Waals surface area (Å²) in [5, 5.41) is 4.76. The van der Waals surface area contributed by atoms with Gasteiger partial charge in [-0.3, -0.25) is 9.20 Å². The molecule has 9 heteroatoms. The Morgan fingerprint density at radius 1 is 0.971 bits per heavy atom. The van der Waals surface area contributed by atoms with Crippen LogP contribution in [-0.4, -0.2) is 34.7 Å². The molecule has 0 saturated heterocycles. The largest absolute Gasteiger partial charge is 0.384 e.